The SMILES string of the molecule is CC1CCC(C(N)=O)CN1c1c(F)cccc1CO. The number of anilines is 1. The van der Waals surface area contributed by atoms with Crippen molar-refractivity contribution in [2.24, 2.45) is 11.7 Å². The summed E-state index contributed by atoms with van der Waals surface area (Å²) in [7, 11) is 0. The summed E-state index contributed by atoms with van der Waals surface area (Å²) in [5.74, 6) is -0.982. The molecule has 3 N–H and O–H groups in total. The molecule has 2 rings (SSSR count). The van der Waals surface area contributed by atoms with Crippen LogP contribution in [0.15, 0.2) is 18.2 Å². The van der Waals surface area contributed by atoms with E-state index in [1.807, 2.05) is 11.8 Å². The van der Waals surface area contributed by atoms with E-state index in [1.165, 1.54) is 6.07 Å². The van der Waals surface area contributed by atoms with Crippen molar-refractivity contribution in [2.45, 2.75) is 32.4 Å². The number of rotatable bonds is 3. The fraction of sp³-hybridized carbons (Fsp3) is 0.500. The molecule has 0 bridgehead atoms. The third kappa shape index (κ3) is 2.71. The third-order valence-electron chi connectivity index (χ3n) is 3.81. The van der Waals surface area contributed by atoms with Gasteiger partial charge in [0, 0.05) is 18.2 Å². The van der Waals surface area contributed by atoms with Crippen molar-refractivity contribution < 1.29 is 14.3 Å². The summed E-state index contributed by atoms with van der Waals surface area (Å²) in [5.41, 5.74) is 6.28. The topological polar surface area (TPSA) is 66.6 Å². The van der Waals surface area contributed by atoms with Crippen LogP contribution in [0.3, 0.4) is 0 Å². The molecule has 1 aliphatic heterocycles. The van der Waals surface area contributed by atoms with Crippen molar-refractivity contribution in [2.75, 3.05) is 11.4 Å². The van der Waals surface area contributed by atoms with Gasteiger partial charge in [0.25, 0.3) is 0 Å². The first-order valence-corrected chi connectivity index (χ1v) is 6.48. The Bertz CT molecular complexity index is 479. The molecule has 1 heterocycles. The van der Waals surface area contributed by atoms with Crippen LogP contribution in [0.4, 0.5) is 10.1 Å². The molecule has 0 radical (unpaired) electrons. The minimum absolute atomic E-state index is 0.123. The summed E-state index contributed by atoms with van der Waals surface area (Å²) in [4.78, 5) is 13.2. The van der Waals surface area contributed by atoms with E-state index in [1.54, 1.807) is 12.1 Å². The van der Waals surface area contributed by atoms with Gasteiger partial charge in [-0.3, -0.25) is 4.79 Å². The average Bonchev–Trinajstić information content (AvgIpc) is 2.39. The molecule has 0 aromatic heterocycles. The molecular weight excluding hydrogens is 247 g/mol. The second-order valence-electron chi connectivity index (χ2n) is 5.08. The number of aliphatic hydroxyl groups is 1. The molecule has 2 unspecified atom stereocenters. The Morgan fingerprint density at radius 3 is 2.89 bits per heavy atom. The smallest absolute Gasteiger partial charge is 0.222 e. The van der Waals surface area contributed by atoms with Gasteiger partial charge in [0.05, 0.1) is 18.2 Å². The van der Waals surface area contributed by atoms with E-state index in [0.29, 0.717) is 17.8 Å². The van der Waals surface area contributed by atoms with Gasteiger partial charge in [-0.2, -0.15) is 0 Å². The molecule has 0 saturated carbocycles. The van der Waals surface area contributed by atoms with Crippen LogP contribution < -0.4 is 10.6 Å². The molecule has 1 fully saturated rings. The highest BCUT2D eigenvalue weighted by Gasteiger charge is 2.31. The Hall–Kier alpha value is -1.62. The number of benzene rings is 1. The van der Waals surface area contributed by atoms with Gasteiger partial charge < -0.3 is 15.7 Å². The van der Waals surface area contributed by atoms with Crippen molar-refractivity contribution in [1.29, 1.82) is 0 Å². The van der Waals surface area contributed by atoms with E-state index < -0.39 is 0 Å². The number of hydrogen-bond acceptors (Lipinski definition) is 3. The summed E-state index contributed by atoms with van der Waals surface area (Å²) >= 11 is 0. The summed E-state index contributed by atoms with van der Waals surface area (Å²) in [6.45, 7) is 2.17. The molecule has 2 atom stereocenters. The van der Waals surface area contributed by atoms with Crippen LogP contribution in [0.2, 0.25) is 0 Å². The van der Waals surface area contributed by atoms with Crippen LogP contribution >= 0.6 is 0 Å². The van der Waals surface area contributed by atoms with E-state index in [2.05, 4.69) is 0 Å². The predicted octanol–water partition coefficient (Wildman–Crippen LogP) is 1.41. The zero-order valence-electron chi connectivity index (χ0n) is 11.0. The minimum atomic E-state index is -0.372. The summed E-state index contributed by atoms with van der Waals surface area (Å²) in [6.07, 6.45) is 1.52. The van der Waals surface area contributed by atoms with Crippen LogP contribution in [0, 0.1) is 11.7 Å². The number of hydrogen-bond donors (Lipinski definition) is 2. The highest BCUT2D eigenvalue weighted by molar-refractivity contribution is 5.78. The Morgan fingerprint density at radius 1 is 1.53 bits per heavy atom. The highest BCUT2D eigenvalue weighted by atomic mass is 19.1. The quantitative estimate of drug-likeness (QED) is 0.869. The number of carbonyl (C=O) groups is 1. The number of halogens is 1. The number of aliphatic hydroxyl groups excluding tert-OH is 1. The number of nitrogens with two attached hydrogens (primary N) is 1. The largest absolute Gasteiger partial charge is 0.392 e. The summed E-state index contributed by atoms with van der Waals surface area (Å²) in [6, 6.07) is 4.76. The van der Waals surface area contributed by atoms with Crippen LogP contribution in [0.25, 0.3) is 0 Å². The first-order chi connectivity index (χ1) is 9.04. The predicted molar refractivity (Wildman–Crippen MR) is 71.0 cm³/mol. The Morgan fingerprint density at radius 2 is 2.26 bits per heavy atom. The van der Waals surface area contributed by atoms with E-state index in [4.69, 9.17) is 5.73 Å². The van der Waals surface area contributed by atoms with Crippen molar-refractivity contribution in [3.8, 4) is 0 Å². The molecular formula is C14H19FN2O2. The van der Waals surface area contributed by atoms with Crippen molar-refractivity contribution in [3.05, 3.63) is 29.6 Å². The Kier molecular flexibility index (Phi) is 4.04. The lowest BCUT2D eigenvalue weighted by Gasteiger charge is -2.39. The highest BCUT2D eigenvalue weighted by Crippen LogP contribution is 2.32. The fourth-order valence-corrected chi connectivity index (χ4v) is 2.66. The normalized spacial score (nSPS) is 23.4. The fourth-order valence-electron chi connectivity index (χ4n) is 2.66. The number of primary amides is 1. The maximum atomic E-state index is 14.1. The van der Waals surface area contributed by atoms with Crippen LogP contribution in [0.5, 0.6) is 0 Å². The van der Waals surface area contributed by atoms with Gasteiger partial charge in [0.1, 0.15) is 5.82 Å². The summed E-state index contributed by atoms with van der Waals surface area (Å²) < 4.78 is 14.1. The average molecular weight is 266 g/mol. The Balaban J connectivity index is 2.36. The Labute approximate surface area is 112 Å². The van der Waals surface area contributed by atoms with Gasteiger partial charge in [-0.05, 0) is 25.8 Å². The van der Waals surface area contributed by atoms with Crippen molar-refractivity contribution in [1.82, 2.24) is 0 Å². The second kappa shape index (κ2) is 5.57. The van der Waals surface area contributed by atoms with E-state index in [0.717, 1.165) is 12.8 Å². The van der Waals surface area contributed by atoms with Gasteiger partial charge in [-0.1, -0.05) is 12.1 Å². The molecule has 0 aliphatic carbocycles. The van der Waals surface area contributed by atoms with Crippen LogP contribution in [-0.2, 0) is 11.4 Å². The van der Waals surface area contributed by atoms with E-state index in [-0.39, 0.29) is 30.3 Å². The minimum Gasteiger partial charge on any atom is -0.392 e. The number of para-hydroxylation sites is 1. The molecule has 0 spiro atoms. The first-order valence-electron chi connectivity index (χ1n) is 6.48. The zero-order valence-corrected chi connectivity index (χ0v) is 11.0. The lowest BCUT2D eigenvalue weighted by atomic mass is 9.92. The summed E-state index contributed by atoms with van der Waals surface area (Å²) in [5, 5.41) is 9.35. The lowest BCUT2D eigenvalue weighted by molar-refractivity contribution is -0.122. The van der Waals surface area contributed by atoms with E-state index >= 15 is 0 Å². The number of carbonyl (C=O) groups excluding carboxylic acids is 1. The second-order valence-corrected chi connectivity index (χ2v) is 5.08. The molecule has 1 aromatic rings. The van der Waals surface area contributed by atoms with Gasteiger partial charge in [0.2, 0.25) is 5.91 Å². The molecule has 1 amide bonds. The molecule has 1 saturated heterocycles. The van der Waals surface area contributed by atoms with Crippen LogP contribution in [0.1, 0.15) is 25.3 Å². The molecule has 5 heteroatoms. The van der Waals surface area contributed by atoms with Gasteiger partial charge in [0.15, 0.2) is 0 Å². The van der Waals surface area contributed by atoms with Gasteiger partial charge >= 0.3 is 0 Å². The molecule has 4 nitrogen and oxygen atoms in total. The van der Waals surface area contributed by atoms with Crippen molar-refractivity contribution in [3.63, 3.8) is 0 Å². The molecule has 19 heavy (non-hydrogen) atoms. The van der Waals surface area contributed by atoms with Gasteiger partial charge in [-0.25, -0.2) is 4.39 Å². The maximum absolute atomic E-state index is 14.1. The molecule has 104 valence electrons. The van der Waals surface area contributed by atoms with Crippen molar-refractivity contribution >= 4 is 11.6 Å². The number of amides is 1. The standard InChI is InChI=1S/C14H19FN2O2/c1-9-5-6-10(14(16)19)7-17(9)13-11(8-18)3-2-4-12(13)15/h2-4,9-10,18H,5-8H2,1H3,(H2,16,19). The monoisotopic (exact) mass is 266 g/mol. The molecule has 1 aliphatic rings. The maximum Gasteiger partial charge on any atom is 0.222 e. The number of piperidine rings is 1. The number of nitrogens with zero attached hydrogens (tertiary/aromatic N) is 1. The van der Waals surface area contributed by atoms with Gasteiger partial charge in [-0.15, -0.1) is 0 Å². The molecule has 1 aromatic carbocycles. The first kappa shape index (κ1) is 13.8. The zero-order chi connectivity index (χ0) is 14.0. The van der Waals surface area contributed by atoms with Crippen LogP contribution in [-0.4, -0.2) is 23.6 Å². The van der Waals surface area contributed by atoms with E-state index in [9.17, 15) is 14.3 Å². The third-order valence-corrected chi connectivity index (χ3v) is 3.81. The lowest BCUT2D eigenvalue weighted by Crippen LogP contribution is -2.46.